The molecule has 1 aromatic carbocycles. The Bertz CT molecular complexity index is 448. The van der Waals surface area contributed by atoms with Gasteiger partial charge in [-0.2, -0.15) is 0 Å². The topological polar surface area (TPSA) is 55.6 Å². The van der Waals surface area contributed by atoms with Gasteiger partial charge >= 0.3 is 0 Å². The molecule has 0 radical (unpaired) electrons. The number of ether oxygens (including phenoxy) is 1. The van der Waals surface area contributed by atoms with Gasteiger partial charge in [-0.15, -0.1) is 0 Å². The van der Waals surface area contributed by atoms with Crippen LogP contribution in [0, 0.1) is 0 Å². The summed E-state index contributed by atoms with van der Waals surface area (Å²) in [6, 6.07) is 7.20. The minimum absolute atomic E-state index is 0.0773. The lowest BCUT2D eigenvalue weighted by molar-refractivity contribution is 0.0432. The molecule has 1 amide bonds. The molecule has 1 heterocycles. The molecule has 2 rings (SSSR count). The molecule has 0 spiro atoms. The lowest BCUT2D eigenvalue weighted by atomic mass is 10.1. The first-order chi connectivity index (χ1) is 9.70. The molecule has 1 saturated heterocycles. The monoisotopic (exact) mass is 276 g/mol. The van der Waals surface area contributed by atoms with Crippen LogP contribution in [0.25, 0.3) is 0 Å². The Morgan fingerprint density at radius 2 is 2.25 bits per heavy atom. The minimum atomic E-state index is 0.0773. The SMILES string of the molecule is CCCOC1CCCN(C(=O)c2cccc(N)c2)CC1. The van der Waals surface area contributed by atoms with Crippen molar-refractivity contribution in [3.05, 3.63) is 29.8 Å². The van der Waals surface area contributed by atoms with Gasteiger partial charge in [-0.1, -0.05) is 13.0 Å². The molecule has 1 unspecified atom stereocenters. The number of carbonyl (C=O) groups is 1. The summed E-state index contributed by atoms with van der Waals surface area (Å²) in [5.41, 5.74) is 7.06. The molecular formula is C16H24N2O2. The first-order valence-corrected chi connectivity index (χ1v) is 7.47. The summed E-state index contributed by atoms with van der Waals surface area (Å²) in [6.07, 6.45) is 4.31. The number of amides is 1. The number of nitrogens with two attached hydrogens (primary N) is 1. The molecule has 0 saturated carbocycles. The van der Waals surface area contributed by atoms with E-state index in [2.05, 4.69) is 6.92 Å². The standard InChI is InChI=1S/C16H24N2O2/c1-2-11-20-15-7-4-9-18(10-8-15)16(19)13-5-3-6-14(17)12-13/h3,5-6,12,15H,2,4,7-11,17H2,1H3. The van der Waals surface area contributed by atoms with Gasteiger partial charge in [0, 0.05) is 30.9 Å². The summed E-state index contributed by atoms with van der Waals surface area (Å²) in [7, 11) is 0. The Balaban J connectivity index is 1.94. The number of nitrogen functional groups attached to an aromatic ring is 1. The highest BCUT2D eigenvalue weighted by Gasteiger charge is 2.21. The van der Waals surface area contributed by atoms with E-state index in [0.29, 0.717) is 17.4 Å². The van der Waals surface area contributed by atoms with Crippen LogP contribution in [0.1, 0.15) is 43.0 Å². The zero-order valence-electron chi connectivity index (χ0n) is 12.2. The van der Waals surface area contributed by atoms with E-state index in [0.717, 1.165) is 45.4 Å². The average molecular weight is 276 g/mol. The fourth-order valence-electron chi connectivity index (χ4n) is 2.57. The highest BCUT2D eigenvalue weighted by Crippen LogP contribution is 2.17. The van der Waals surface area contributed by atoms with E-state index < -0.39 is 0 Å². The molecule has 4 nitrogen and oxygen atoms in total. The van der Waals surface area contributed by atoms with E-state index in [1.165, 1.54) is 0 Å². The smallest absolute Gasteiger partial charge is 0.253 e. The van der Waals surface area contributed by atoms with Crippen molar-refractivity contribution in [3.8, 4) is 0 Å². The Labute approximate surface area is 120 Å². The summed E-state index contributed by atoms with van der Waals surface area (Å²) >= 11 is 0. The summed E-state index contributed by atoms with van der Waals surface area (Å²) in [4.78, 5) is 14.4. The zero-order valence-corrected chi connectivity index (χ0v) is 12.2. The summed E-state index contributed by atoms with van der Waals surface area (Å²) < 4.78 is 5.81. The summed E-state index contributed by atoms with van der Waals surface area (Å²) in [5, 5.41) is 0. The molecule has 0 bridgehead atoms. The third-order valence-electron chi connectivity index (χ3n) is 3.65. The second-order valence-electron chi connectivity index (χ2n) is 5.34. The normalized spacial score (nSPS) is 19.6. The van der Waals surface area contributed by atoms with Crippen LogP contribution >= 0.6 is 0 Å². The maximum Gasteiger partial charge on any atom is 0.253 e. The third-order valence-corrected chi connectivity index (χ3v) is 3.65. The van der Waals surface area contributed by atoms with Crippen molar-refractivity contribution < 1.29 is 9.53 Å². The van der Waals surface area contributed by atoms with Crippen molar-refractivity contribution in [2.75, 3.05) is 25.4 Å². The second-order valence-corrected chi connectivity index (χ2v) is 5.34. The van der Waals surface area contributed by atoms with Crippen LogP contribution in [0.4, 0.5) is 5.69 Å². The highest BCUT2D eigenvalue weighted by atomic mass is 16.5. The van der Waals surface area contributed by atoms with Crippen LogP contribution in [0.3, 0.4) is 0 Å². The van der Waals surface area contributed by atoms with Crippen LogP contribution in [0.15, 0.2) is 24.3 Å². The molecule has 1 aliphatic heterocycles. The molecule has 1 aromatic rings. The van der Waals surface area contributed by atoms with Gasteiger partial charge in [0.2, 0.25) is 0 Å². The number of anilines is 1. The highest BCUT2D eigenvalue weighted by molar-refractivity contribution is 5.95. The maximum absolute atomic E-state index is 12.5. The van der Waals surface area contributed by atoms with Gasteiger partial charge < -0.3 is 15.4 Å². The Hall–Kier alpha value is -1.55. The molecule has 110 valence electrons. The van der Waals surface area contributed by atoms with Gasteiger partial charge in [0.1, 0.15) is 0 Å². The molecule has 0 aromatic heterocycles. The number of rotatable bonds is 4. The zero-order chi connectivity index (χ0) is 14.4. The predicted molar refractivity (Wildman–Crippen MR) is 80.6 cm³/mol. The first kappa shape index (κ1) is 14.9. The molecule has 1 atom stereocenters. The summed E-state index contributed by atoms with van der Waals surface area (Å²) in [6.45, 7) is 4.50. The van der Waals surface area contributed by atoms with Gasteiger partial charge in [-0.05, 0) is 43.9 Å². The quantitative estimate of drug-likeness (QED) is 0.860. The van der Waals surface area contributed by atoms with Crippen molar-refractivity contribution in [1.82, 2.24) is 4.90 Å². The Kier molecular flexibility index (Phi) is 5.41. The van der Waals surface area contributed by atoms with Crippen LogP contribution in [-0.2, 0) is 4.74 Å². The number of benzene rings is 1. The Morgan fingerprint density at radius 3 is 3.00 bits per heavy atom. The fraction of sp³-hybridized carbons (Fsp3) is 0.562. The van der Waals surface area contributed by atoms with E-state index >= 15 is 0 Å². The van der Waals surface area contributed by atoms with Crippen LogP contribution < -0.4 is 5.73 Å². The molecule has 20 heavy (non-hydrogen) atoms. The van der Waals surface area contributed by atoms with E-state index in [9.17, 15) is 4.79 Å². The van der Waals surface area contributed by atoms with Crippen molar-refractivity contribution in [2.45, 2.75) is 38.7 Å². The molecule has 2 N–H and O–H groups in total. The lowest BCUT2D eigenvalue weighted by Crippen LogP contribution is -2.32. The third kappa shape index (κ3) is 3.97. The van der Waals surface area contributed by atoms with Crippen molar-refractivity contribution in [1.29, 1.82) is 0 Å². The average Bonchev–Trinajstić information content (AvgIpc) is 2.70. The lowest BCUT2D eigenvalue weighted by Gasteiger charge is -2.21. The van der Waals surface area contributed by atoms with Crippen molar-refractivity contribution in [3.63, 3.8) is 0 Å². The first-order valence-electron chi connectivity index (χ1n) is 7.47. The Morgan fingerprint density at radius 1 is 1.40 bits per heavy atom. The number of nitrogens with zero attached hydrogens (tertiary/aromatic N) is 1. The van der Waals surface area contributed by atoms with Gasteiger partial charge in [0.15, 0.2) is 0 Å². The number of likely N-dealkylation sites (tertiary alicyclic amines) is 1. The summed E-state index contributed by atoms with van der Waals surface area (Å²) in [5.74, 6) is 0.0773. The molecule has 4 heteroatoms. The fourth-order valence-corrected chi connectivity index (χ4v) is 2.57. The molecule has 1 aliphatic rings. The molecular weight excluding hydrogens is 252 g/mol. The predicted octanol–water partition coefficient (Wildman–Crippen LogP) is 2.69. The van der Waals surface area contributed by atoms with Gasteiger partial charge in [-0.3, -0.25) is 4.79 Å². The number of hydrogen-bond acceptors (Lipinski definition) is 3. The van der Waals surface area contributed by atoms with Crippen molar-refractivity contribution in [2.24, 2.45) is 0 Å². The minimum Gasteiger partial charge on any atom is -0.399 e. The number of carbonyl (C=O) groups excluding carboxylic acids is 1. The largest absolute Gasteiger partial charge is 0.399 e. The second kappa shape index (κ2) is 7.29. The van der Waals surface area contributed by atoms with Crippen molar-refractivity contribution >= 4 is 11.6 Å². The van der Waals surface area contributed by atoms with Gasteiger partial charge in [-0.25, -0.2) is 0 Å². The van der Waals surface area contributed by atoms with Gasteiger partial charge in [0.05, 0.1) is 6.10 Å². The molecule has 1 fully saturated rings. The van der Waals surface area contributed by atoms with E-state index in [-0.39, 0.29) is 5.91 Å². The van der Waals surface area contributed by atoms with E-state index in [1.54, 1.807) is 12.1 Å². The van der Waals surface area contributed by atoms with Crippen LogP contribution in [-0.4, -0.2) is 36.6 Å². The van der Waals surface area contributed by atoms with Crippen LogP contribution in [0.5, 0.6) is 0 Å². The van der Waals surface area contributed by atoms with Crippen LogP contribution in [0.2, 0.25) is 0 Å². The number of hydrogen-bond donors (Lipinski definition) is 1. The van der Waals surface area contributed by atoms with E-state index in [1.807, 2.05) is 17.0 Å². The molecule has 0 aliphatic carbocycles. The van der Waals surface area contributed by atoms with Gasteiger partial charge in [0.25, 0.3) is 5.91 Å². The maximum atomic E-state index is 12.5. The van der Waals surface area contributed by atoms with E-state index in [4.69, 9.17) is 10.5 Å².